The molecule has 0 saturated carbocycles. The summed E-state index contributed by atoms with van der Waals surface area (Å²) >= 11 is 0. The number of nitrogens with zero attached hydrogens (tertiary/aromatic N) is 1. The summed E-state index contributed by atoms with van der Waals surface area (Å²) in [6.45, 7) is 10.7. The Morgan fingerprint density at radius 1 is 1.44 bits per heavy atom. The molecule has 1 heterocycles. The average molecular weight is 256 g/mol. The van der Waals surface area contributed by atoms with Gasteiger partial charge in [-0.05, 0) is 51.7 Å². The van der Waals surface area contributed by atoms with Crippen LogP contribution in [-0.2, 0) is 9.53 Å². The molecule has 0 bridgehead atoms. The molecular formula is C14H28N2O2. The van der Waals surface area contributed by atoms with Gasteiger partial charge in [0.05, 0.1) is 6.61 Å². The number of esters is 1. The van der Waals surface area contributed by atoms with Gasteiger partial charge in [0.25, 0.3) is 0 Å². The third-order valence-electron chi connectivity index (χ3n) is 3.62. The SMILES string of the molecule is CCNCC1CCCN(C(CC)C(=O)OCC)C1. The number of ether oxygens (including phenoxy) is 1. The summed E-state index contributed by atoms with van der Waals surface area (Å²) in [5, 5.41) is 3.41. The van der Waals surface area contributed by atoms with Gasteiger partial charge in [-0.2, -0.15) is 0 Å². The van der Waals surface area contributed by atoms with Crippen molar-refractivity contribution in [2.24, 2.45) is 5.92 Å². The van der Waals surface area contributed by atoms with Crippen LogP contribution >= 0.6 is 0 Å². The normalized spacial score (nSPS) is 22.7. The van der Waals surface area contributed by atoms with Crippen molar-refractivity contribution in [3.05, 3.63) is 0 Å². The van der Waals surface area contributed by atoms with E-state index in [1.54, 1.807) is 0 Å². The Bertz CT molecular complexity index is 246. The van der Waals surface area contributed by atoms with E-state index in [4.69, 9.17) is 4.74 Å². The molecule has 1 fully saturated rings. The van der Waals surface area contributed by atoms with Crippen LogP contribution in [0.1, 0.15) is 40.0 Å². The lowest BCUT2D eigenvalue weighted by molar-refractivity contribution is -0.150. The highest BCUT2D eigenvalue weighted by Gasteiger charge is 2.29. The van der Waals surface area contributed by atoms with Crippen molar-refractivity contribution < 1.29 is 9.53 Å². The van der Waals surface area contributed by atoms with Crippen LogP contribution in [-0.4, -0.2) is 49.7 Å². The zero-order valence-electron chi connectivity index (χ0n) is 12.1. The Kier molecular flexibility index (Phi) is 7.28. The van der Waals surface area contributed by atoms with Crippen molar-refractivity contribution in [2.75, 3.05) is 32.8 Å². The van der Waals surface area contributed by atoms with E-state index in [9.17, 15) is 4.79 Å². The van der Waals surface area contributed by atoms with Gasteiger partial charge in [-0.3, -0.25) is 9.69 Å². The van der Waals surface area contributed by atoms with E-state index in [1.165, 1.54) is 12.8 Å². The van der Waals surface area contributed by atoms with Gasteiger partial charge in [-0.25, -0.2) is 0 Å². The van der Waals surface area contributed by atoms with Crippen LogP contribution in [0, 0.1) is 5.92 Å². The second kappa shape index (κ2) is 8.48. The summed E-state index contributed by atoms with van der Waals surface area (Å²) in [5.41, 5.74) is 0. The maximum atomic E-state index is 11.9. The van der Waals surface area contributed by atoms with Crippen LogP contribution in [0.4, 0.5) is 0 Å². The van der Waals surface area contributed by atoms with Crippen LogP contribution in [0.15, 0.2) is 0 Å². The predicted octanol–water partition coefficient (Wildman–Crippen LogP) is 1.65. The number of hydrogen-bond acceptors (Lipinski definition) is 4. The summed E-state index contributed by atoms with van der Waals surface area (Å²) in [7, 11) is 0. The van der Waals surface area contributed by atoms with Crippen molar-refractivity contribution >= 4 is 5.97 Å². The minimum atomic E-state index is -0.0518. The summed E-state index contributed by atoms with van der Waals surface area (Å²) < 4.78 is 5.17. The molecule has 106 valence electrons. The smallest absolute Gasteiger partial charge is 0.323 e. The fraction of sp³-hybridized carbons (Fsp3) is 0.929. The Morgan fingerprint density at radius 2 is 2.22 bits per heavy atom. The minimum Gasteiger partial charge on any atom is -0.465 e. The van der Waals surface area contributed by atoms with Gasteiger partial charge in [0.1, 0.15) is 6.04 Å². The molecular weight excluding hydrogens is 228 g/mol. The lowest BCUT2D eigenvalue weighted by Gasteiger charge is -2.36. The van der Waals surface area contributed by atoms with Crippen molar-refractivity contribution in [2.45, 2.75) is 46.1 Å². The zero-order valence-corrected chi connectivity index (χ0v) is 12.1. The van der Waals surface area contributed by atoms with Crippen molar-refractivity contribution in [1.82, 2.24) is 10.2 Å². The first-order valence-electron chi connectivity index (χ1n) is 7.34. The molecule has 0 radical (unpaired) electrons. The number of piperidine rings is 1. The molecule has 0 aromatic carbocycles. The second-order valence-electron chi connectivity index (χ2n) is 4.99. The number of likely N-dealkylation sites (tertiary alicyclic amines) is 1. The fourth-order valence-corrected chi connectivity index (χ4v) is 2.71. The van der Waals surface area contributed by atoms with Gasteiger partial charge in [-0.15, -0.1) is 0 Å². The molecule has 2 atom stereocenters. The largest absolute Gasteiger partial charge is 0.465 e. The van der Waals surface area contributed by atoms with E-state index >= 15 is 0 Å². The maximum absolute atomic E-state index is 11.9. The van der Waals surface area contributed by atoms with Crippen molar-refractivity contribution in [1.29, 1.82) is 0 Å². The van der Waals surface area contributed by atoms with Crippen LogP contribution in [0.5, 0.6) is 0 Å². The summed E-state index contributed by atoms with van der Waals surface area (Å²) in [5.74, 6) is 0.617. The Labute approximate surface area is 111 Å². The molecule has 0 aromatic heterocycles. The predicted molar refractivity (Wildman–Crippen MR) is 73.6 cm³/mol. The first kappa shape index (κ1) is 15.4. The van der Waals surface area contributed by atoms with Gasteiger partial charge in [0.15, 0.2) is 0 Å². The molecule has 0 aromatic rings. The van der Waals surface area contributed by atoms with Crippen LogP contribution in [0.2, 0.25) is 0 Å². The number of nitrogens with one attached hydrogen (secondary N) is 1. The van der Waals surface area contributed by atoms with Gasteiger partial charge in [0.2, 0.25) is 0 Å². The average Bonchev–Trinajstić information content (AvgIpc) is 2.38. The molecule has 1 rings (SSSR count). The first-order valence-corrected chi connectivity index (χ1v) is 7.34. The Morgan fingerprint density at radius 3 is 2.83 bits per heavy atom. The quantitative estimate of drug-likeness (QED) is 0.703. The molecule has 1 aliphatic rings. The summed E-state index contributed by atoms with van der Waals surface area (Å²) in [6, 6.07) is -0.0469. The van der Waals surface area contributed by atoms with E-state index in [0.29, 0.717) is 12.5 Å². The Balaban J connectivity index is 2.49. The van der Waals surface area contributed by atoms with E-state index < -0.39 is 0 Å². The summed E-state index contributed by atoms with van der Waals surface area (Å²) in [4.78, 5) is 14.2. The Hall–Kier alpha value is -0.610. The number of hydrogen-bond donors (Lipinski definition) is 1. The molecule has 1 aliphatic heterocycles. The van der Waals surface area contributed by atoms with Crippen molar-refractivity contribution in [3.63, 3.8) is 0 Å². The monoisotopic (exact) mass is 256 g/mol. The second-order valence-corrected chi connectivity index (χ2v) is 4.99. The molecule has 0 aliphatic carbocycles. The highest BCUT2D eigenvalue weighted by Crippen LogP contribution is 2.20. The number of carbonyl (C=O) groups is 1. The van der Waals surface area contributed by atoms with E-state index in [1.807, 2.05) is 6.92 Å². The molecule has 4 nitrogen and oxygen atoms in total. The van der Waals surface area contributed by atoms with E-state index in [0.717, 1.165) is 32.6 Å². The molecule has 1 saturated heterocycles. The highest BCUT2D eigenvalue weighted by atomic mass is 16.5. The highest BCUT2D eigenvalue weighted by molar-refractivity contribution is 5.75. The van der Waals surface area contributed by atoms with Crippen molar-refractivity contribution in [3.8, 4) is 0 Å². The third-order valence-corrected chi connectivity index (χ3v) is 3.62. The summed E-state index contributed by atoms with van der Waals surface area (Å²) in [6.07, 6.45) is 3.29. The van der Waals surface area contributed by atoms with E-state index in [-0.39, 0.29) is 12.0 Å². The zero-order chi connectivity index (χ0) is 13.4. The van der Waals surface area contributed by atoms with Crippen LogP contribution in [0.25, 0.3) is 0 Å². The maximum Gasteiger partial charge on any atom is 0.323 e. The lowest BCUT2D eigenvalue weighted by atomic mass is 9.96. The fourth-order valence-electron chi connectivity index (χ4n) is 2.71. The molecule has 2 unspecified atom stereocenters. The number of carbonyl (C=O) groups excluding carboxylic acids is 1. The van der Waals surface area contributed by atoms with Gasteiger partial charge >= 0.3 is 5.97 Å². The van der Waals surface area contributed by atoms with Gasteiger partial charge in [-0.1, -0.05) is 13.8 Å². The molecule has 4 heteroatoms. The first-order chi connectivity index (χ1) is 8.72. The molecule has 0 spiro atoms. The molecule has 1 N–H and O–H groups in total. The topological polar surface area (TPSA) is 41.6 Å². The molecule has 18 heavy (non-hydrogen) atoms. The van der Waals surface area contributed by atoms with Crippen LogP contribution in [0.3, 0.4) is 0 Å². The lowest BCUT2D eigenvalue weighted by Crippen LogP contribution is -2.48. The third kappa shape index (κ3) is 4.58. The van der Waals surface area contributed by atoms with E-state index in [2.05, 4.69) is 24.1 Å². The van der Waals surface area contributed by atoms with Gasteiger partial charge in [0, 0.05) is 6.54 Å². The standard InChI is InChI=1S/C14H28N2O2/c1-4-13(14(17)18-6-3)16-9-7-8-12(11-16)10-15-5-2/h12-13,15H,4-11H2,1-3H3. The van der Waals surface area contributed by atoms with Crippen LogP contribution < -0.4 is 5.32 Å². The van der Waals surface area contributed by atoms with Gasteiger partial charge < -0.3 is 10.1 Å². The minimum absolute atomic E-state index is 0.0469. The number of rotatable bonds is 7. The molecule has 0 amide bonds.